The molecule has 0 saturated carbocycles. The molecule has 0 heterocycles. The van der Waals surface area contributed by atoms with Crippen molar-refractivity contribution in [1.29, 1.82) is 0 Å². The van der Waals surface area contributed by atoms with Crippen LogP contribution >= 0.6 is 0 Å². The molecule has 1 amide bonds. The number of rotatable bonds is 4. The van der Waals surface area contributed by atoms with Gasteiger partial charge in [-0.15, -0.1) is 0 Å². The molecule has 0 aliphatic rings. The Morgan fingerprint density at radius 1 is 1.40 bits per heavy atom. The lowest BCUT2D eigenvalue weighted by Gasteiger charge is -2.28. The van der Waals surface area contributed by atoms with Gasteiger partial charge in [-0.2, -0.15) is 13.2 Å². The minimum atomic E-state index is -4.46. The van der Waals surface area contributed by atoms with Crippen molar-refractivity contribution in [3.63, 3.8) is 0 Å². The quantitative estimate of drug-likeness (QED) is 0.867. The molecule has 0 saturated heterocycles. The predicted molar refractivity (Wildman–Crippen MR) is 69.6 cm³/mol. The van der Waals surface area contributed by atoms with Gasteiger partial charge in [0.05, 0.1) is 12.7 Å². The van der Waals surface area contributed by atoms with Crippen molar-refractivity contribution in [1.82, 2.24) is 4.90 Å². The van der Waals surface area contributed by atoms with Gasteiger partial charge >= 0.3 is 6.18 Å². The number of carbonyl (C=O) groups excluding carboxylic acids is 1. The number of halogens is 3. The molecule has 1 aromatic carbocycles. The summed E-state index contributed by atoms with van der Waals surface area (Å²) >= 11 is 0. The van der Waals surface area contributed by atoms with Gasteiger partial charge in [-0.1, -0.05) is 0 Å². The Bertz CT molecular complexity index is 487. The van der Waals surface area contributed by atoms with E-state index < -0.39 is 24.7 Å². The smallest absolute Gasteiger partial charge is 0.406 e. The van der Waals surface area contributed by atoms with Crippen LogP contribution in [0.5, 0.6) is 5.75 Å². The van der Waals surface area contributed by atoms with Gasteiger partial charge in [-0.05, 0) is 32.0 Å². The Morgan fingerprint density at radius 3 is 2.45 bits per heavy atom. The third-order valence-electron chi connectivity index (χ3n) is 2.72. The number of hydrogen-bond donors (Lipinski definition) is 1. The Labute approximate surface area is 115 Å². The van der Waals surface area contributed by atoms with Crippen LogP contribution in [0.1, 0.15) is 24.2 Å². The molecule has 0 aliphatic heterocycles. The van der Waals surface area contributed by atoms with Crippen molar-refractivity contribution >= 4 is 11.6 Å². The lowest BCUT2D eigenvalue weighted by Crippen LogP contribution is -2.43. The van der Waals surface area contributed by atoms with Gasteiger partial charge in [0, 0.05) is 11.7 Å². The summed E-state index contributed by atoms with van der Waals surface area (Å²) in [5.74, 6) is -0.410. The summed E-state index contributed by atoms with van der Waals surface area (Å²) in [4.78, 5) is 13.0. The first-order chi connectivity index (χ1) is 9.15. The Hall–Kier alpha value is -1.92. The van der Waals surface area contributed by atoms with Crippen LogP contribution in [-0.2, 0) is 0 Å². The van der Waals surface area contributed by atoms with Crippen molar-refractivity contribution in [2.24, 2.45) is 0 Å². The molecule has 0 unspecified atom stereocenters. The molecule has 1 aromatic rings. The second kappa shape index (κ2) is 6.02. The molecule has 1 rings (SSSR count). The molecule has 0 spiro atoms. The summed E-state index contributed by atoms with van der Waals surface area (Å²) < 4.78 is 42.6. The van der Waals surface area contributed by atoms with Crippen molar-refractivity contribution in [2.75, 3.05) is 19.4 Å². The summed E-state index contributed by atoms with van der Waals surface area (Å²) in [6.07, 6.45) is -4.46. The van der Waals surface area contributed by atoms with E-state index in [0.717, 1.165) is 4.90 Å². The molecule has 4 nitrogen and oxygen atoms in total. The number of nitrogens with two attached hydrogens (primary N) is 1. The molecule has 0 fully saturated rings. The minimum absolute atomic E-state index is 0.00213. The highest BCUT2D eigenvalue weighted by Crippen LogP contribution is 2.24. The monoisotopic (exact) mass is 290 g/mol. The Balaban J connectivity index is 3.12. The molecule has 112 valence electrons. The number of methoxy groups -OCH3 is 1. The van der Waals surface area contributed by atoms with Crippen molar-refractivity contribution in [3.05, 3.63) is 23.8 Å². The summed E-state index contributed by atoms with van der Waals surface area (Å²) in [6, 6.07) is 3.70. The van der Waals surface area contributed by atoms with Crippen LogP contribution in [-0.4, -0.2) is 36.7 Å². The molecule has 0 atom stereocenters. The first-order valence-electron chi connectivity index (χ1n) is 5.97. The molecule has 20 heavy (non-hydrogen) atoms. The number of ether oxygens (including phenoxy) is 1. The van der Waals surface area contributed by atoms with Gasteiger partial charge in [-0.25, -0.2) is 0 Å². The number of hydrogen-bond acceptors (Lipinski definition) is 3. The lowest BCUT2D eigenvalue weighted by molar-refractivity contribution is -0.143. The summed E-state index contributed by atoms with van der Waals surface area (Å²) in [5.41, 5.74) is 5.78. The van der Waals surface area contributed by atoms with Crippen LogP contribution in [0.25, 0.3) is 0 Å². The van der Waals surface area contributed by atoms with Crippen LogP contribution in [0.15, 0.2) is 18.2 Å². The number of alkyl halides is 3. The van der Waals surface area contributed by atoms with Crippen LogP contribution in [0, 0.1) is 0 Å². The maximum absolute atomic E-state index is 12.5. The Kier molecular flexibility index (Phi) is 4.86. The van der Waals surface area contributed by atoms with Gasteiger partial charge in [0.15, 0.2) is 0 Å². The fourth-order valence-electron chi connectivity index (χ4n) is 1.68. The summed E-state index contributed by atoms with van der Waals surface area (Å²) in [7, 11) is 1.40. The van der Waals surface area contributed by atoms with Crippen LogP contribution < -0.4 is 10.5 Å². The van der Waals surface area contributed by atoms with E-state index >= 15 is 0 Å². The highest BCUT2D eigenvalue weighted by Gasteiger charge is 2.35. The maximum atomic E-state index is 12.5. The largest absolute Gasteiger partial charge is 0.497 e. The molecule has 0 bridgehead atoms. The number of nitrogen functional groups attached to an aromatic ring is 1. The van der Waals surface area contributed by atoms with Crippen LogP contribution in [0.2, 0.25) is 0 Å². The summed E-state index contributed by atoms with van der Waals surface area (Å²) in [6.45, 7) is 1.71. The zero-order chi connectivity index (χ0) is 15.5. The molecule has 0 aliphatic carbocycles. The van der Waals surface area contributed by atoms with Crippen LogP contribution in [0.4, 0.5) is 18.9 Å². The zero-order valence-electron chi connectivity index (χ0n) is 11.5. The second-order valence-electron chi connectivity index (χ2n) is 4.60. The molecule has 2 N–H and O–H groups in total. The highest BCUT2D eigenvalue weighted by atomic mass is 19.4. The van der Waals surface area contributed by atoms with E-state index in [9.17, 15) is 18.0 Å². The average molecular weight is 290 g/mol. The average Bonchev–Trinajstić information content (AvgIpc) is 2.34. The molecular weight excluding hydrogens is 273 g/mol. The van der Waals surface area contributed by atoms with Crippen molar-refractivity contribution in [2.45, 2.75) is 26.1 Å². The van der Waals surface area contributed by atoms with Crippen molar-refractivity contribution in [3.8, 4) is 5.75 Å². The van der Waals surface area contributed by atoms with Crippen LogP contribution in [0.3, 0.4) is 0 Å². The lowest BCUT2D eigenvalue weighted by atomic mass is 10.1. The number of carbonyl (C=O) groups is 1. The molecular formula is C13H17F3N2O2. The van der Waals surface area contributed by atoms with E-state index in [0.29, 0.717) is 5.75 Å². The SMILES string of the molecule is COc1ccc(N)c(C(=O)N(CC(F)(F)F)C(C)C)c1. The fraction of sp³-hybridized carbons (Fsp3) is 0.462. The molecule has 0 aromatic heterocycles. The second-order valence-corrected chi connectivity index (χ2v) is 4.60. The predicted octanol–water partition coefficient (Wildman–Crippen LogP) is 2.69. The van der Waals surface area contributed by atoms with Gasteiger partial charge in [0.2, 0.25) is 0 Å². The van der Waals surface area contributed by atoms with E-state index in [4.69, 9.17) is 10.5 Å². The number of anilines is 1. The topological polar surface area (TPSA) is 55.6 Å². The van der Waals surface area contributed by atoms with Gasteiger partial charge < -0.3 is 15.4 Å². The molecule has 7 heteroatoms. The van der Waals surface area contributed by atoms with Gasteiger partial charge in [0.1, 0.15) is 12.3 Å². The molecule has 0 radical (unpaired) electrons. The van der Waals surface area contributed by atoms with E-state index in [1.807, 2.05) is 0 Å². The maximum Gasteiger partial charge on any atom is 0.406 e. The van der Waals surface area contributed by atoms with Gasteiger partial charge in [-0.3, -0.25) is 4.79 Å². The number of amides is 1. The first kappa shape index (κ1) is 16.1. The van der Waals surface area contributed by atoms with E-state index in [2.05, 4.69) is 0 Å². The number of nitrogens with zero attached hydrogens (tertiary/aromatic N) is 1. The minimum Gasteiger partial charge on any atom is -0.497 e. The fourth-order valence-corrected chi connectivity index (χ4v) is 1.68. The number of benzene rings is 1. The third kappa shape index (κ3) is 4.04. The third-order valence-corrected chi connectivity index (χ3v) is 2.72. The van der Waals surface area contributed by atoms with Gasteiger partial charge in [0.25, 0.3) is 5.91 Å². The normalized spacial score (nSPS) is 11.6. The standard InChI is InChI=1S/C13H17F3N2O2/c1-8(2)18(7-13(14,15)16)12(19)10-6-9(20-3)4-5-11(10)17/h4-6,8H,7,17H2,1-3H3. The van der Waals surface area contributed by atoms with E-state index in [-0.39, 0.29) is 11.3 Å². The van der Waals surface area contributed by atoms with Crippen molar-refractivity contribution < 1.29 is 22.7 Å². The van der Waals surface area contributed by atoms with E-state index in [1.165, 1.54) is 39.2 Å². The van der Waals surface area contributed by atoms with E-state index in [1.54, 1.807) is 0 Å². The first-order valence-corrected chi connectivity index (χ1v) is 5.97. The zero-order valence-corrected chi connectivity index (χ0v) is 11.5. The highest BCUT2D eigenvalue weighted by molar-refractivity contribution is 5.99. The Morgan fingerprint density at radius 2 is 2.00 bits per heavy atom. The summed E-state index contributed by atoms with van der Waals surface area (Å²) in [5, 5.41) is 0.